The number of nitrogens with zero attached hydrogens (tertiary/aromatic N) is 3. The Morgan fingerprint density at radius 2 is 1.12 bits per heavy atom. The lowest BCUT2D eigenvalue weighted by atomic mass is 9.91. The van der Waals surface area contributed by atoms with Gasteiger partial charge >= 0.3 is 12.4 Å². The molecule has 274 valence electrons. The van der Waals surface area contributed by atoms with Gasteiger partial charge in [-0.25, -0.2) is 0 Å². The fourth-order valence-corrected chi connectivity index (χ4v) is 8.16. The standard InChI is InChI=1S/C47H29F6N3/c1-27-14-19-41-35(22-27)32-9-3-5-12-39(32)55(41)42-20-15-29(26-54)23-36(42)34-18-16-30(45-28(2)8-7-11-38(45)47(51,52)53)24-44(34)56-40-13-6-4-10-33(40)37-25-31(46(48,49)50)17-21-43(37)56/h3-25H,1-2H3. The van der Waals surface area contributed by atoms with Gasteiger partial charge in [0.15, 0.2) is 0 Å². The first-order valence-corrected chi connectivity index (χ1v) is 17.8. The van der Waals surface area contributed by atoms with Crippen LogP contribution < -0.4 is 0 Å². The fourth-order valence-electron chi connectivity index (χ4n) is 8.16. The summed E-state index contributed by atoms with van der Waals surface area (Å²) in [7, 11) is 0. The van der Waals surface area contributed by atoms with Crippen LogP contribution in [0.5, 0.6) is 0 Å². The zero-order chi connectivity index (χ0) is 39.1. The molecule has 56 heavy (non-hydrogen) atoms. The third kappa shape index (κ3) is 5.51. The summed E-state index contributed by atoms with van der Waals surface area (Å²) in [5.41, 5.74) is 5.60. The predicted molar refractivity (Wildman–Crippen MR) is 210 cm³/mol. The van der Waals surface area contributed by atoms with Gasteiger partial charge in [0.25, 0.3) is 0 Å². The van der Waals surface area contributed by atoms with Crippen molar-refractivity contribution >= 4 is 43.6 Å². The van der Waals surface area contributed by atoms with Crippen molar-refractivity contribution in [1.82, 2.24) is 9.13 Å². The fraction of sp³-hybridized carbons (Fsp3) is 0.0851. The van der Waals surface area contributed by atoms with E-state index in [2.05, 4.69) is 16.7 Å². The van der Waals surface area contributed by atoms with Gasteiger partial charge in [0.2, 0.25) is 0 Å². The quantitative estimate of drug-likeness (QED) is 0.165. The highest BCUT2D eigenvalue weighted by atomic mass is 19.4. The van der Waals surface area contributed by atoms with Crippen molar-refractivity contribution in [3.8, 4) is 39.7 Å². The predicted octanol–water partition coefficient (Wildman–Crippen LogP) is 13.7. The van der Waals surface area contributed by atoms with Crippen molar-refractivity contribution in [2.45, 2.75) is 26.2 Å². The Labute approximate surface area is 316 Å². The molecule has 0 amide bonds. The summed E-state index contributed by atoms with van der Waals surface area (Å²) in [6.45, 7) is 3.64. The van der Waals surface area contributed by atoms with E-state index in [9.17, 15) is 31.6 Å². The van der Waals surface area contributed by atoms with Crippen LogP contribution in [0.4, 0.5) is 26.3 Å². The first-order chi connectivity index (χ1) is 26.8. The summed E-state index contributed by atoms with van der Waals surface area (Å²) in [5, 5.41) is 13.1. The van der Waals surface area contributed by atoms with Gasteiger partial charge in [-0.05, 0) is 103 Å². The number of alkyl halides is 6. The normalized spacial score (nSPS) is 12.3. The number of benzene rings is 7. The number of halogens is 6. The van der Waals surface area contributed by atoms with Gasteiger partial charge in [0.05, 0.1) is 56.2 Å². The number of aromatic nitrogens is 2. The molecule has 0 aliphatic carbocycles. The summed E-state index contributed by atoms with van der Waals surface area (Å²) in [6, 6.07) is 41.4. The molecule has 0 aliphatic rings. The van der Waals surface area contributed by atoms with Crippen LogP contribution in [0.15, 0.2) is 140 Å². The Hall–Kier alpha value is -6.79. The largest absolute Gasteiger partial charge is 0.417 e. The number of fused-ring (bicyclic) bond motifs is 6. The highest BCUT2D eigenvalue weighted by Gasteiger charge is 2.35. The van der Waals surface area contributed by atoms with Crippen molar-refractivity contribution in [3.63, 3.8) is 0 Å². The van der Waals surface area contributed by atoms with E-state index < -0.39 is 23.5 Å². The topological polar surface area (TPSA) is 33.6 Å². The van der Waals surface area contributed by atoms with Gasteiger partial charge < -0.3 is 9.13 Å². The number of hydrogen-bond acceptors (Lipinski definition) is 1. The SMILES string of the molecule is Cc1ccc2c(c1)c1ccccc1n2-c1ccc(C#N)cc1-c1ccc(-c2c(C)cccc2C(F)(F)F)cc1-n1c2ccccc2c2cc(C(F)(F)F)ccc21. The molecule has 2 aromatic heterocycles. The summed E-state index contributed by atoms with van der Waals surface area (Å²) < 4.78 is 90.1. The van der Waals surface area contributed by atoms with E-state index in [1.54, 1.807) is 67.6 Å². The molecule has 9 rings (SSSR count). The molecule has 9 heteroatoms. The molecule has 0 aliphatic heterocycles. The maximum absolute atomic E-state index is 14.6. The van der Waals surface area contributed by atoms with Crippen LogP contribution >= 0.6 is 0 Å². The van der Waals surface area contributed by atoms with Gasteiger partial charge in [-0.15, -0.1) is 0 Å². The Balaban J connectivity index is 1.43. The molecule has 0 saturated heterocycles. The number of hydrogen-bond donors (Lipinski definition) is 0. The molecule has 0 fully saturated rings. The molecule has 0 radical (unpaired) electrons. The minimum absolute atomic E-state index is 0.00306. The summed E-state index contributed by atoms with van der Waals surface area (Å²) >= 11 is 0. The lowest BCUT2D eigenvalue weighted by Gasteiger charge is -2.21. The number of rotatable bonds is 4. The minimum Gasteiger partial charge on any atom is -0.309 e. The van der Waals surface area contributed by atoms with Crippen LogP contribution in [-0.2, 0) is 12.4 Å². The third-order valence-electron chi connectivity index (χ3n) is 10.6. The maximum atomic E-state index is 14.6. The maximum Gasteiger partial charge on any atom is 0.417 e. The van der Waals surface area contributed by atoms with Gasteiger partial charge in [0.1, 0.15) is 0 Å². The van der Waals surface area contributed by atoms with Crippen LogP contribution in [0.3, 0.4) is 0 Å². The average Bonchev–Trinajstić information content (AvgIpc) is 3.68. The molecule has 0 unspecified atom stereocenters. The van der Waals surface area contributed by atoms with Gasteiger partial charge in [0, 0.05) is 32.7 Å². The first-order valence-electron chi connectivity index (χ1n) is 17.8. The van der Waals surface area contributed by atoms with E-state index in [0.29, 0.717) is 55.4 Å². The van der Waals surface area contributed by atoms with E-state index in [1.807, 2.05) is 54.0 Å². The highest BCUT2D eigenvalue weighted by molar-refractivity contribution is 6.12. The van der Waals surface area contributed by atoms with Gasteiger partial charge in [-0.2, -0.15) is 31.6 Å². The van der Waals surface area contributed by atoms with E-state index in [4.69, 9.17) is 0 Å². The van der Waals surface area contributed by atoms with Crippen LogP contribution in [0.25, 0.3) is 77.2 Å². The third-order valence-corrected chi connectivity index (χ3v) is 10.6. The van der Waals surface area contributed by atoms with Crippen molar-refractivity contribution in [3.05, 3.63) is 167 Å². The zero-order valence-electron chi connectivity index (χ0n) is 29.9. The molecule has 0 spiro atoms. The second-order valence-corrected chi connectivity index (χ2v) is 14.0. The first kappa shape index (κ1) is 34.9. The van der Waals surface area contributed by atoms with Crippen molar-refractivity contribution in [1.29, 1.82) is 5.26 Å². The van der Waals surface area contributed by atoms with E-state index in [1.165, 1.54) is 12.1 Å². The average molecular weight is 750 g/mol. The van der Waals surface area contributed by atoms with Crippen LogP contribution in [-0.4, -0.2) is 9.13 Å². The Kier molecular flexibility index (Phi) is 7.89. The van der Waals surface area contributed by atoms with E-state index >= 15 is 0 Å². The summed E-state index contributed by atoms with van der Waals surface area (Å²) in [5.74, 6) is 0. The molecule has 9 aromatic rings. The zero-order valence-corrected chi connectivity index (χ0v) is 29.9. The molecule has 7 aromatic carbocycles. The molecule has 0 saturated carbocycles. The molecular weight excluding hydrogens is 721 g/mol. The number of nitriles is 1. The van der Waals surface area contributed by atoms with Crippen LogP contribution in [0, 0.1) is 25.2 Å². The number of aryl methyl sites for hydroxylation is 2. The Morgan fingerprint density at radius 1 is 0.500 bits per heavy atom. The van der Waals surface area contributed by atoms with E-state index in [-0.39, 0.29) is 11.1 Å². The second kappa shape index (κ2) is 12.6. The summed E-state index contributed by atoms with van der Waals surface area (Å²) in [6.07, 6.45) is -9.26. The highest BCUT2D eigenvalue weighted by Crippen LogP contribution is 2.45. The molecule has 2 heterocycles. The summed E-state index contributed by atoms with van der Waals surface area (Å²) in [4.78, 5) is 0. The Morgan fingerprint density at radius 3 is 1.79 bits per heavy atom. The molecule has 3 nitrogen and oxygen atoms in total. The van der Waals surface area contributed by atoms with Crippen LogP contribution in [0.1, 0.15) is 27.8 Å². The number of para-hydroxylation sites is 2. The van der Waals surface area contributed by atoms with Crippen molar-refractivity contribution in [2.24, 2.45) is 0 Å². The van der Waals surface area contributed by atoms with Crippen LogP contribution in [0.2, 0.25) is 0 Å². The lowest BCUT2D eigenvalue weighted by molar-refractivity contribution is -0.138. The van der Waals surface area contributed by atoms with Crippen molar-refractivity contribution < 1.29 is 26.3 Å². The van der Waals surface area contributed by atoms with Gasteiger partial charge in [-0.3, -0.25) is 0 Å². The van der Waals surface area contributed by atoms with Gasteiger partial charge in [-0.1, -0.05) is 72.3 Å². The monoisotopic (exact) mass is 749 g/mol. The van der Waals surface area contributed by atoms with E-state index in [0.717, 1.165) is 45.6 Å². The molecule has 0 bridgehead atoms. The lowest BCUT2D eigenvalue weighted by Crippen LogP contribution is -2.09. The second-order valence-electron chi connectivity index (χ2n) is 14.0. The molecule has 0 atom stereocenters. The Bertz CT molecular complexity index is 3100. The molecular formula is C47H29F6N3. The minimum atomic E-state index is -4.66. The molecule has 0 N–H and O–H groups in total. The smallest absolute Gasteiger partial charge is 0.309 e. The van der Waals surface area contributed by atoms with Crippen molar-refractivity contribution in [2.75, 3.05) is 0 Å².